The number of amides is 5. The Morgan fingerprint density at radius 1 is 1.14 bits per heavy atom. The molecule has 2 saturated heterocycles. The minimum absolute atomic E-state index is 0.406. The fraction of sp³-hybridized carbons (Fsp3) is 0.308. The lowest BCUT2D eigenvalue weighted by molar-refractivity contribution is -0.130. The van der Waals surface area contributed by atoms with Crippen molar-refractivity contribution in [3.63, 3.8) is 0 Å². The maximum Gasteiger partial charge on any atom is 0.325 e. The second-order valence-electron chi connectivity index (χ2n) is 4.99. The maximum absolute atomic E-state index is 12.2. The molecule has 8 heteroatoms. The Morgan fingerprint density at radius 3 is 2.57 bits per heavy atom. The topological polar surface area (TPSA) is 90.5 Å². The summed E-state index contributed by atoms with van der Waals surface area (Å²) in [4.78, 5) is 37.1. The van der Waals surface area contributed by atoms with Gasteiger partial charge in [-0.1, -0.05) is 34.1 Å². The molecular weight excluding hydrogens is 340 g/mol. The van der Waals surface area contributed by atoms with Crippen LogP contribution in [0.2, 0.25) is 0 Å². The quantitative estimate of drug-likeness (QED) is 0.702. The molecule has 110 valence electrons. The summed E-state index contributed by atoms with van der Waals surface area (Å²) in [6.45, 7) is 0. The van der Waals surface area contributed by atoms with Crippen molar-refractivity contribution in [2.24, 2.45) is 5.92 Å². The Labute approximate surface area is 129 Å². The molecule has 0 bridgehead atoms. The summed E-state index contributed by atoms with van der Waals surface area (Å²) in [6, 6.07) is 5.91. The van der Waals surface area contributed by atoms with Crippen LogP contribution in [0, 0.1) is 5.92 Å². The zero-order valence-electron chi connectivity index (χ0n) is 11.1. The molecule has 3 unspecified atom stereocenters. The van der Waals surface area contributed by atoms with Crippen molar-refractivity contribution in [2.45, 2.75) is 12.2 Å². The average Bonchev–Trinajstić information content (AvgIpc) is 2.44. The number of urea groups is 2. The van der Waals surface area contributed by atoms with E-state index in [-0.39, 0.29) is 0 Å². The lowest BCUT2D eigenvalue weighted by atomic mass is 9.86. The van der Waals surface area contributed by atoms with Gasteiger partial charge in [-0.3, -0.25) is 10.1 Å². The zero-order chi connectivity index (χ0) is 15.1. The molecule has 2 fully saturated rings. The normalized spacial score (nSPS) is 28.4. The lowest BCUT2D eigenvalue weighted by Gasteiger charge is -2.45. The number of imide groups is 1. The Bertz CT molecular complexity index is 636. The molecule has 2 aliphatic rings. The summed E-state index contributed by atoms with van der Waals surface area (Å²) in [5, 5.41) is 7.69. The number of halogens is 1. The summed E-state index contributed by atoms with van der Waals surface area (Å²) in [5.41, 5.74) is 0.792. The van der Waals surface area contributed by atoms with Crippen LogP contribution in [0.4, 0.5) is 9.59 Å². The van der Waals surface area contributed by atoms with Crippen LogP contribution in [0.25, 0.3) is 0 Å². The van der Waals surface area contributed by atoms with Crippen LogP contribution in [-0.4, -0.2) is 36.1 Å². The molecule has 3 atom stereocenters. The van der Waals surface area contributed by atoms with E-state index in [4.69, 9.17) is 0 Å². The third kappa shape index (κ3) is 2.25. The highest BCUT2D eigenvalue weighted by molar-refractivity contribution is 9.10. The monoisotopic (exact) mass is 352 g/mol. The van der Waals surface area contributed by atoms with Crippen LogP contribution < -0.4 is 16.0 Å². The van der Waals surface area contributed by atoms with Crippen LogP contribution in [0.3, 0.4) is 0 Å². The van der Waals surface area contributed by atoms with Crippen molar-refractivity contribution >= 4 is 33.9 Å². The third-order valence-electron chi connectivity index (χ3n) is 3.78. The SMILES string of the molecule is CN1C(=O)NC(=O)C2C(c3ccccc3Br)NC(=O)NC21. The minimum atomic E-state index is -0.669. The van der Waals surface area contributed by atoms with Crippen molar-refractivity contribution in [1.82, 2.24) is 20.9 Å². The number of hydrogen-bond donors (Lipinski definition) is 3. The summed E-state index contributed by atoms with van der Waals surface area (Å²) in [7, 11) is 1.54. The first-order valence-corrected chi connectivity index (χ1v) is 7.17. The van der Waals surface area contributed by atoms with Crippen molar-refractivity contribution < 1.29 is 14.4 Å². The number of nitrogens with one attached hydrogen (secondary N) is 3. The van der Waals surface area contributed by atoms with Crippen molar-refractivity contribution in [2.75, 3.05) is 7.05 Å². The van der Waals surface area contributed by atoms with Gasteiger partial charge in [0, 0.05) is 11.5 Å². The summed E-state index contributed by atoms with van der Waals surface area (Å²) >= 11 is 3.43. The van der Waals surface area contributed by atoms with Gasteiger partial charge >= 0.3 is 12.1 Å². The number of rotatable bonds is 1. The number of hydrogen-bond acceptors (Lipinski definition) is 3. The van der Waals surface area contributed by atoms with E-state index in [0.717, 1.165) is 10.0 Å². The fourth-order valence-corrected chi connectivity index (χ4v) is 3.24. The molecular formula is C13H13BrN4O3. The Hall–Kier alpha value is -2.09. The standard InChI is InChI=1S/C13H13BrN4O3/c1-18-10-8(11(19)17-13(18)21)9(15-12(20)16-10)6-4-2-3-5-7(6)14/h2-5,8-10H,1H3,(H2,15,16,20)(H,17,19,21). The van der Waals surface area contributed by atoms with Crippen LogP contribution in [0.5, 0.6) is 0 Å². The largest absolute Gasteiger partial charge is 0.330 e. The molecule has 1 aromatic rings. The number of carbonyl (C=O) groups is 3. The summed E-state index contributed by atoms with van der Waals surface area (Å²) in [5.74, 6) is -1.01. The van der Waals surface area contributed by atoms with Gasteiger partial charge in [-0.2, -0.15) is 0 Å². The first-order chi connectivity index (χ1) is 9.99. The van der Waals surface area contributed by atoms with Gasteiger partial charge in [0.1, 0.15) is 12.1 Å². The van der Waals surface area contributed by atoms with E-state index in [1.165, 1.54) is 4.90 Å². The highest BCUT2D eigenvalue weighted by Crippen LogP contribution is 2.34. The van der Waals surface area contributed by atoms with Gasteiger partial charge in [-0.05, 0) is 11.6 Å². The molecule has 2 aliphatic heterocycles. The highest BCUT2D eigenvalue weighted by atomic mass is 79.9. The van der Waals surface area contributed by atoms with Gasteiger partial charge in [0.15, 0.2) is 0 Å². The van der Waals surface area contributed by atoms with Gasteiger partial charge < -0.3 is 15.5 Å². The fourth-order valence-electron chi connectivity index (χ4n) is 2.71. The Balaban J connectivity index is 2.04. The highest BCUT2D eigenvalue weighted by Gasteiger charge is 2.49. The van der Waals surface area contributed by atoms with E-state index in [9.17, 15) is 14.4 Å². The first-order valence-electron chi connectivity index (χ1n) is 6.38. The second-order valence-corrected chi connectivity index (χ2v) is 5.85. The smallest absolute Gasteiger partial charge is 0.325 e. The number of nitrogens with zero attached hydrogens (tertiary/aromatic N) is 1. The number of fused-ring (bicyclic) bond motifs is 1. The van der Waals surface area contributed by atoms with Gasteiger partial charge in [-0.15, -0.1) is 0 Å². The molecule has 5 amide bonds. The van der Waals surface area contributed by atoms with E-state index in [1.54, 1.807) is 7.05 Å². The van der Waals surface area contributed by atoms with Crippen molar-refractivity contribution in [3.8, 4) is 0 Å². The third-order valence-corrected chi connectivity index (χ3v) is 4.50. The Kier molecular flexibility index (Phi) is 3.32. The Morgan fingerprint density at radius 2 is 1.86 bits per heavy atom. The van der Waals surface area contributed by atoms with Crippen LogP contribution in [0.1, 0.15) is 11.6 Å². The van der Waals surface area contributed by atoms with Gasteiger partial charge in [0.25, 0.3) is 0 Å². The predicted molar refractivity (Wildman–Crippen MR) is 77.1 cm³/mol. The summed E-state index contributed by atoms with van der Waals surface area (Å²) < 4.78 is 0.795. The minimum Gasteiger partial charge on any atom is -0.330 e. The van der Waals surface area contributed by atoms with Gasteiger partial charge in [-0.25, -0.2) is 9.59 Å². The van der Waals surface area contributed by atoms with E-state index in [0.29, 0.717) is 0 Å². The predicted octanol–water partition coefficient (Wildman–Crippen LogP) is 0.927. The summed E-state index contributed by atoms with van der Waals surface area (Å²) in [6.07, 6.45) is -0.669. The molecule has 3 rings (SSSR count). The lowest BCUT2D eigenvalue weighted by Crippen LogP contribution is -2.71. The first kappa shape index (κ1) is 13.9. The maximum atomic E-state index is 12.2. The molecule has 0 saturated carbocycles. The molecule has 0 aliphatic carbocycles. The van der Waals surface area contributed by atoms with E-state index >= 15 is 0 Å². The van der Waals surface area contributed by atoms with Crippen LogP contribution >= 0.6 is 15.9 Å². The average molecular weight is 353 g/mol. The second kappa shape index (κ2) is 5.03. The van der Waals surface area contributed by atoms with Crippen molar-refractivity contribution in [3.05, 3.63) is 34.3 Å². The molecule has 0 radical (unpaired) electrons. The number of carbonyl (C=O) groups excluding carboxylic acids is 3. The molecule has 2 heterocycles. The molecule has 21 heavy (non-hydrogen) atoms. The van der Waals surface area contributed by atoms with Gasteiger partial charge in [0.05, 0.1) is 6.04 Å². The van der Waals surface area contributed by atoms with Crippen molar-refractivity contribution in [1.29, 1.82) is 0 Å². The number of benzene rings is 1. The molecule has 0 spiro atoms. The van der Waals surface area contributed by atoms with E-state index < -0.39 is 36.1 Å². The van der Waals surface area contributed by atoms with Crippen LogP contribution in [0.15, 0.2) is 28.7 Å². The molecule has 7 nitrogen and oxygen atoms in total. The molecule has 1 aromatic carbocycles. The van der Waals surface area contributed by atoms with E-state index in [1.807, 2.05) is 24.3 Å². The van der Waals surface area contributed by atoms with Gasteiger partial charge in [0.2, 0.25) is 5.91 Å². The van der Waals surface area contributed by atoms with Crippen LogP contribution in [-0.2, 0) is 4.79 Å². The molecule has 3 N–H and O–H groups in total. The van der Waals surface area contributed by atoms with E-state index in [2.05, 4.69) is 31.9 Å². The molecule has 0 aromatic heterocycles. The zero-order valence-corrected chi connectivity index (χ0v) is 12.7.